The average Bonchev–Trinajstić information content (AvgIpc) is 0.858. The van der Waals surface area contributed by atoms with Crippen molar-refractivity contribution in [2.24, 2.45) is 0 Å². The molecule has 0 atom stereocenters. The van der Waals surface area contributed by atoms with Crippen molar-refractivity contribution in [1.82, 2.24) is 14.5 Å². The molecule has 0 saturated heterocycles. The van der Waals surface area contributed by atoms with Crippen LogP contribution in [0.15, 0.2) is 291 Å². The molecule has 0 aliphatic carbocycles. The molecule has 2 aliphatic heterocycles. The Morgan fingerprint density at radius 1 is 0.315 bits per heavy atom. The van der Waals surface area contributed by atoms with Crippen LogP contribution in [-0.2, 0) is 23.9 Å². The summed E-state index contributed by atoms with van der Waals surface area (Å²) in [7, 11) is 0. The maximum Gasteiger partial charge on any atom is 0.252 e. The standard InChI is InChI=1S/C86H70BN5/c1-85(2,3)82-47-43-63(53-88-82)61-41-45-74-78(49-61)90(55-72-66(57-25-11-7-12-26-57)35-23-36-67(72)58-27-13-8-14-28-58)80-51-65(92-76-39-21-19-33-70(76)71-34-20-22-40-77(71)92)52-81-84(80)87(74)75-46-42-62(64-44-48-83(89-54-64)86(4,5)6)50-79(75)91(81)56-73-68(59-29-15-9-16-30-59)37-24-38-69(73)60-31-17-10-18-32-60/h7-54H,55-56H2,1-6H3. The van der Waals surface area contributed by atoms with Gasteiger partial charge in [0, 0.05) is 92.3 Å². The second-order valence-corrected chi connectivity index (χ2v) is 26.9. The predicted molar refractivity (Wildman–Crippen MR) is 388 cm³/mol. The SMILES string of the molecule is CC(C)(C)c1ccc(-c2ccc3c(c2)N(Cc2c(-c4ccccc4)cccc2-c2ccccc2)c2cc(-n4c5ccccc5c5ccccc54)cc4c2B3c2ccc(-c3ccc(C(C)(C)C)nc3)cc2N4Cc2c(-c3ccccc3)cccc2-c2ccccc2)cn1. The highest BCUT2D eigenvalue weighted by molar-refractivity contribution is 7.00. The van der Waals surface area contributed by atoms with E-state index in [9.17, 15) is 0 Å². The van der Waals surface area contributed by atoms with Crippen molar-refractivity contribution >= 4 is 67.7 Å². The van der Waals surface area contributed by atoms with E-state index in [1.807, 2.05) is 0 Å². The number of hydrogen-bond acceptors (Lipinski definition) is 4. The molecule has 0 saturated carbocycles. The van der Waals surface area contributed by atoms with E-state index in [0.717, 1.165) is 50.4 Å². The number of fused-ring (bicyclic) bond motifs is 7. The first kappa shape index (κ1) is 56.4. The smallest absolute Gasteiger partial charge is 0.252 e. The lowest BCUT2D eigenvalue weighted by atomic mass is 9.33. The van der Waals surface area contributed by atoms with Gasteiger partial charge in [0.25, 0.3) is 6.71 Å². The summed E-state index contributed by atoms with van der Waals surface area (Å²) in [5.74, 6) is 0. The van der Waals surface area contributed by atoms with Crippen LogP contribution in [0.2, 0.25) is 0 Å². The monoisotopic (exact) mass is 1180 g/mol. The molecule has 5 heterocycles. The largest absolute Gasteiger partial charge is 0.338 e. The van der Waals surface area contributed by atoms with Crippen molar-refractivity contribution in [2.45, 2.75) is 65.5 Å². The summed E-state index contributed by atoms with van der Waals surface area (Å²) in [6, 6.07) is 104. The third-order valence-electron chi connectivity index (χ3n) is 19.1. The number of aromatic nitrogens is 3. The normalized spacial score (nSPS) is 12.7. The van der Waals surface area contributed by atoms with E-state index in [-0.39, 0.29) is 17.5 Å². The fraction of sp³-hybridized carbons (Fsp3) is 0.116. The van der Waals surface area contributed by atoms with Crippen molar-refractivity contribution in [3.63, 3.8) is 0 Å². The van der Waals surface area contributed by atoms with E-state index in [0.29, 0.717) is 13.1 Å². The summed E-state index contributed by atoms with van der Waals surface area (Å²) in [5.41, 5.74) is 30.2. The third kappa shape index (κ3) is 9.89. The fourth-order valence-electron chi connectivity index (χ4n) is 14.6. The van der Waals surface area contributed by atoms with E-state index >= 15 is 0 Å². The third-order valence-corrected chi connectivity index (χ3v) is 19.1. The van der Waals surface area contributed by atoms with E-state index in [1.165, 1.54) is 106 Å². The molecular formula is C86H70BN5. The van der Waals surface area contributed by atoms with Crippen LogP contribution in [0.3, 0.4) is 0 Å². The van der Waals surface area contributed by atoms with Gasteiger partial charge in [0.05, 0.1) is 16.7 Å². The molecule has 0 unspecified atom stereocenters. The van der Waals surface area contributed by atoms with Crippen molar-refractivity contribution in [1.29, 1.82) is 0 Å². The highest BCUT2D eigenvalue weighted by Crippen LogP contribution is 2.47. The number of pyridine rings is 2. The van der Waals surface area contributed by atoms with Crippen LogP contribution in [0.5, 0.6) is 0 Å². The summed E-state index contributed by atoms with van der Waals surface area (Å²) in [6.45, 7) is 14.4. The van der Waals surface area contributed by atoms with Crippen LogP contribution in [-0.4, -0.2) is 21.2 Å². The molecule has 0 fully saturated rings. The lowest BCUT2D eigenvalue weighted by Crippen LogP contribution is -2.62. The van der Waals surface area contributed by atoms with E-state index < -0.39 is 0 Å². The molecule has 0 bridgehead atoms. The summed E-state index contributed by atoms with van der Waals surface area (Å²) >= 11 is 0. The molecule has 0 amide bonds. The van der Waals surface area contributed by atoms with Gasteiger partial charge in [0.15, 0.2) is 0 Å². The van der Waals surface area contributed by atoms with E-state index in [1.54, 1.807) is 0 Å². The highest BCUT2D eigenvalue weighted by Gasteiger charge is 2.44. The van der Waals surface area contributed by atoms with Gasteiger partial charge in [-0.15, -0.1) is 0 Å². The van der Waals surface area contributed by atoms with Crippen LogP contribution in [0.25, 0.3) is 94.3 Å². The quantitative estimate of drug-likeness (QED) is 0.121. The molecule has 0 spiro atoms. The number of benzene rings is 11. The van der Waals surface area contributed by atoms with Crippen molar-refractivity contribution < 1.29 is 0 Å². The zero-order valence-corrected chi connectivity index (χ0v) is 52.9. The number of rotatable bonds is 11. The van der Waals surface area contributed by atoms with Crippen LogP contribution >= 0.6 is 0 Å². The topological polar surface area (TPSA) is 37.2 Å². The highest BCUT2D eigenvalue weighted by atomic mass is 15.2. The van der Waals surface area contributed by atoms with Gasteiger partial charge in [-0.25, -0.2) is 0 Å². The minimum Gasteiger partial charge on any atom is -0.338 e. The summed E-state index contributed by atoms with van der Waals surface area (Å²) in [5, 5.41) is 2.44. The fourth-order valence-corrected chi connectivity index (χ4v) is 14.6. The van der Waals surface area contributed by atoms with Crippen LogP contribution in [0.4, 0.5) is 22.7 Å². The second kappa shape index (κ2) is 22.6. The summed E-state index contributed by atoms with van der Waals surface area (Å²) in [4.78, 5) is 15.6. The minimum absolute atomic E-state index is 0.0927. The van der Waals surface area contributed by atoms with Gasteiger partial charge in [-0.05, 0) is 132 Å². The lowest BCUT2D eigenvalue weighted by molar-refractivity contribution is 0.569. The molecule has 3 aromatic heterocycles. The molecule has 0 radical (unpaired) electrons. The van der Waals surface area contributed by atoms with Gasteiger partial charge in [-0.1, -0.05) is 272 Å². The summed E-state index contributed by atoms with van der Waals surface area (Å²) in [6.07, 6.45) is 4.16. The van der Waals surface area contributed by atoms with Gasteiger partial charge in [-0.3, -0.25) is 9.97 Å². The first-order valence-corrected chi connectivity index (χ1v) is 32.3. The zero-order chi connectivity index (χ0) is 62.2. The molecule has 2 aliphatic rings. The number of nitrogens with zero attached hydrogens (tertiary/aromatic N) is 5. The van der Waals surface area contributed by atoms with Crippen LogP contribution in [0.1, 0.15) is 64.1 Å². The molecule has 0 N–H and O–H groups in total. The van der Waals surface area contributed by atoms with Gasteiger partial charge in [0.1, 0.15) is 0 Å². The first-order valence-electron chi connectivity index (χ1n) is 32.3. The number of para-hydroxylation sites is 2. The van der Waals surface area contributed by atoms with E-state index in [4.69, 9.17) is 9.97 Å². The Kier molecular flexibility index (Phi) is 13.9. The Labute approximate surface area is 540 Å². The molecule has 92 heavy (non-hydrogen) atoms. The molecule has 14 aromatic rings. The molecule has 11 aromatic carbocycles. The van der Waals surface area contributed by atoms with Crippen LogP contribution < -0.4 is 26.2 Å². The minimum atomic E-state index is -0.161. The van der Waals surface area contributed by atoms with Crippen LogP contribution in [0, 0.1) is 0 Å². The van der Waals surface area contributed by atoms with Gasteiger partial charge in [0.2, 0.25) is 0 Å². The Morgan fingerprint density at radius 3 is 1.01 bits per heavy atom. The molecule has 6 heteroatoms. The van der Waals surface area contributed by atoms with Crippen molar-refractivity contribution in [3.8, 4) is 72.4 Å². The second-order valence-electron chi connectivity index (χ2n) is 26.9. The van der Waals surface area contributed by atoms with Gasteiger partial charge < -0.3 is 14.4 Å². The Morgan fingerprint density at radius 2 is 0.663 bits per heavy atom. The van der Waals surface area contributed by atoms with Crippen molar-refractivity contribution in [2.75, 3.05) is 9.80 Å². The molecular weight excluding hydrogens is 1110 g/mol. The molecule has 5 nitrogen and oxygen atoms in total. The Balaban J connectivity index is 1.03. The number of hydrogen-bond donors (Lipinski definition) is 0. The first-order chi connectivity index (χ1) is 44.9. The maximum absolute atomic E-state index is 5.14. The zero-order valence-electron chi connectivity index (χ0n) is 52.9. The summed E-state index contributed by atoms with van der Waals surface area (Å²) < 4.78 is 2.52. The Bertz CT molecular complexity index is 4670. The van der Waals surface area contributed by atoms with Gasteiger partial charge >= 0.3 is 0 Å². The average molecular weight is 1180 g/mol. The predicted octanol–water partition coefficient (Wildman–Crippen LogP) is 20.0. The number of anilines is 4. The molecule has 16 rings (SSSR count). The van der Waals surface area contributed by atoms with E-state index in [2.05, 4.69) is 347 Å². The van der Waals surface area contributed by atoms with Crippen molar-refractivity contribution in [3.05, 3.63) is 314 Å². The maximum atomic E-state index is 5.14. The van der Waals surface area contributed by atoms with Gasteiger partial charge in [-0.2, -0.15) is 0 Å². The molecule has 442 valence electrons. The Hall–Kier alpha value is -10.8. The lowest BCUT2D eigenvalue weighted by Gasteiger charge is -2.45.